The molecule has 1 aromatic carbocycles. The summed E-state index contributed by atoms with van der Waals surface area (Å²) in [6.07, 6.45) is 2.38. The van der Waals surface area contributed by atoms with Crippen LogP contribution in [0.2, 0.25) is 0 Å². The summed E-state index contributed by atoms with van der Waals surface area (Å²) in [5.41, 5.74) is 1.02. The van der Waals surface area contributed by atoms with E-state index in [1.807, 2.05) is 18.2 Å². The number of amides is 1. The van der Waals surface area contributed by atoms with E-state index in [2.05, 4.69) is 41.2 Å². The number of carbonyl (C=O) groups is 1. The summed E-state index contributed by atoms with van der Waals surface area (Å²) in [4.78, 5) is 28.8. The molecular formula is C19H25N3O2. The molecule has 0 spiro atoms. The molecule has 0 aliphatic heterocycles. The van der Waals surface area contributed by atoms with Gasteiger partial charge in [-0.1, -0.05) is 44.2 Å². The van der Waals surface area contributed by atoms with E-state index in [-0.39, 0.29) is 23.1 Å². The summed E-state index contributed by atoms with van der Waals surface area (Å²) in [5.74, 6) is -0.331. The zero-order valence-corrected chi connectivity index (χ0v) is 14.3. The molecule has 0 saturated heterocycles. The van der Waals surface area contributed by atoms with Crippen molar-refractivity contribution in [2.75, 3.05) is 19.6 Å². The van der Waals surface area contributed by atoms with Crippen LogP contribution in [0.3, 0.4) is 0 Å². The zero-order valence-electron chi connectivity index (χ0n) is 14.3. The van der Waals surface area contributed by atoms with Crippen LogP contribution in [0.25, 0.3) is 0 Å². The predicted molar refractivity (Wildman–Crippen MR) is 96.3 cm³/mol. The molecule has 0 aliphatic rings. The molecule has 1 heterocycles. The normalized spacial score (nSPS) is 12.1. The van der Waals surface area contributed by atoms with Crippen molar-refractivity contribution in [2.45, 2.75) is 26.3 Å². The van der Waals surface area contributed by atoms with Crippen molar-refractivity contribution in [3.8, 4) is 0 Å². The van der Waals surface area contributed by atoms with E-state index in [4.69, 9.17) is 0 Å². The lowest BCUT2D eigenvalue weighted by Crippen LogP contribution is -2.45. The van der Waals surface area contributed by atoms with Gasteiger partial charge in [-0.05, 0) is 37.2 Å². The van der Waals surface area contributed by atoms with Gasteiger partial charge in [-0.15, -0.1) is 0 Å². The smallest absolute Gasteiger partial charge is 0.260 e. The van der Waals surface area contributed by atoms with Gasteiger partial charge in [0.15, 0.2) is 0 Å². The number of rotatable bonds is 8. The Kier molecular flexibility index (Phi) is 6.75. The maximum atomic E-state index is 12.3. The Morgan fingerprint density at radius 2 is 1.83 bits per heavy atom. The Labute approximate surface area is 142 Å². The zero-order chi connectivity index (χ0) is 17.4. The number of carbonyl (C=O) groups excluding carboxylic acids is 1. The lowest BCUT2D eigenvalue weighted by molar-refractivity contribution is 0.0933. The summed E-state index contributed by atoms with van der Waals surface area (Å²) in [7, 11) is 0. The van der Waals surface area contributed by atoms with Gasteiger partial charge in [-0.3, -0.25) is 14.5 Å². The Morgan fingerprint density at radius 1 is 1.12 bits per heavy atom. The van der Waals surface area contributed by atoms with Gasteiger partial charge in [0.2, 0.25) is 0 Å². The molecule has 1 atom stereocenters. The first-order valence-corrected chi connectivity index (χ1v) is 8.39. The molecule has 1 aromatic heterocycles. The van der Waals surface area contributed by atoms with Crippen molar-refractivity contribution in [1.82, 2.24) is 15.2 Å². The van der Waals surface area contributed by atoms with Crippen LogP contribution in [-0.2, 0) is 6.42 Å². The van der Waals surface area contributed by atoms with Crippen LogP contribution in [0.1, 0.15) is 29.8 Å². The topological polar surface area (TPSA) is 65.2 Å². The van der Waals surface area contributed by atoms with Crippen molar-refractivity contribution < 1.29 is 4.79 Å². The first-order valence-electron chi connectivity index (χ1n) is 8.39. The number of aromatic nitrogens is 1. The number of likely N-dealkylation sites (N-methyl/N-ethyl adjacent to an activating group) is 1. The molecule has 1 amide bonds. The van der Waals surface area contributed by atoms with Crippen LogP contribution in [-0.4, -0.2) is 41.5 Å². The Balaban J connectivity index is 2.06. The fraction of sp³-hybridized carbons (Fsp3) is 0.368. The minimum Gasteiger partial charge on any atom is -0.350 e. The monoisotopic (exact) mass is 327 g/mol. The SMILES string of the molecule is CCN(CC)C(CNC(=O)c1ccc[nH]c1=O)Cc1ccccc1. The second-order valence-electron chi connectivity index (χ2n) is 5.69. The van der Waals surface area contributed by atoms with E-state index < -0.39 is 0 Å². The predicted octanol–water partition coefficient (Wildman–Crippen LogP) is 2.06. The minimum atomic E-state index is -0.363. The molecule has 128 valence electrons. The molecule has 2 rings (SSSR count). The van der Waals surface area contributed by atoms with Crippen molar-refractivity contribution >= 4 is 5.91 Å². The first-order chi connectivity index (χ1) is 11.7. The standard InChI is InChI=1S/C19H25N3O2/c1-3-22(4-2)16(13-15-9-6-5-7-10-15)14-21-19(24)17-11-8-12-20-18(17)23/h5-12,16H,3-4,13-14H2,1-2H3,(H,20,23)(H,21,24). The van der Waals surface area contributed by atoms with Crippen molar-refractivity contribution in [1.29, 1.82) is 0 Å². The second-order valence-corrected chi connectivity index (χ2v) is 5.69. The Hall–Kier alpha value is -2.40. The van der Waals surface area contributed by atoms with Gasteiger partial charge in [-0.2, -0.15) is 0 Å². The van der Waals surface area contributed by atoms with Gasteiger partial charge in [0.25, 0.3) is 11.5 Å². The molecule has 2 N–H and O–H groups in total. The molecule has 0 fully saturated rings. The summed E-state index contributed by atoms with van der Waals surface area (Å²) >= 11 is 0. The minimum absolute atomic E-state index is 0.149. The van der Waals surface area contributed by atoms with Gasteiger partial charge in [-0.25, -0.2) is 0 Å². The number of H-pyrrole nitrogens is 1. The number of benzene rings is 1. The average molecular weight is 327 g/mol. The summed E-state index contributed by atoms with van der Waals surface area (Å²) in [6.45, 7) is 6.56. The molecule has 5 heteroatoms. The third-order valence-corrected chi connectivity index (χ3v) is 4.20. The Morgan fingerprint density at radius 3 is 2.46 bits per heavy atom. The van der Waals surface area contributed by atoms with Gasteiger partial charge in [0.05, 0.1) is 0 Å². The van der Waals surface area contributed by atoms with Gasteiger partial charge in [0, 0.05) is 18.8 Å². The largest absolute Gasteiger partial charge is 0.350 e. The van der Waals surface area contributed by atoms with Crippen molar-refractivity contribution in [2.24, 2.45) is 0 Å². The highest BCUT2D eigenvalue weighted by atomic mass is 16.2. The first kappa shape index (κ1) is 17.9. The molecule has 0 aliphatic carbocycles. The van der Waals surface area contributed by atoms with Crippen LogP contribution in [0.5, 0.6) is 0 Å². The fourth-order valence-corrected chi connectivity index (χ4v) is 2.86. The third kappa shape index (κ3) is 4.80. The quantitative estimate of drug-likeness (QED) is 0.780. The number of nitrogens with zero attached hydrogens (tertiary/aromatic N) is 1. The van der Waals surface area contributed by atoms with Gasteiger partial charge < -0.3 is 10.3 Å². The number of hydrogen-bond donors (Lipinski definition) is 2. The van der Waals surface area contributed by atoms with Crippen LogP contribution in [0, 0.1) is 0 Å². The summed E-state index contributed by atoms with van der Waals surface area (Å²) in [6, 6.07) is 13.6. The summed E-state index contributed by atoms with van der Waals surface area (Å²) in [5, 5.41) is 2.91. The van der Waals surface area contributed by atoms with Crippen molar-refractivity contribution in [3.05, 3.63) is 70.1 Å². The number of hydrogen-bond acceptors (Lipinski definition) is 3. The highest BCUT2D eigenvalue weighted by Crippen LogP contribution is 2.09. The third-order valence-electron chi connectivity index (χ3n) is 4.20. The number of nitrogens with one attached hydrogen (secondary N) is 2. The molecular weight excluding hydrogens is 302 g/mol. The van der Waals surface area contributed by atoms with E-state index in [0.29, 0.717) is 6.54 Å². The van der Waals surface area contributed by atoms with Gasteiger partial charge in [0.1, 0.15) is 5.56 Å². The molecule has 1 unspecified atom stereocenters. The maximum absolute atomic E-state index is 12.3. The highest BCUT2D eigenvalue weighted by Gasteiger charge is 2.18. The van der Waals surface area contributed by atoms with Crippen LogP contribution >= 0.6 is 0 Å². The van der Waals surface area contributed by atoms with Crippen molar-refractivity contribution in [3.63, 3.8) is 0 Å². The van der Waals surface area contributed by atoms with E-state index in [1.165, 1.54) is 17.8 Å². The van der Waals surface area contributed by atoms with E-state index in [0.717, 1.165) is 19.5 Å². The average Bonchev–Trinajstić information content (AvgIpc) is 2.61. The highest BCUT2D eigenvalue weighted by molar-refractivity contribution is 5.93. The molecule has 0 bridgehead atoms. The summed E-state index contributed by atoms with van der Waals surface area (Å²) < 4.78 is 0. The van der Waals surface area contributed by atoms with Crippen LogP contribution in [0.4, 0.5) is 0 Å². The molecule has 5 nitrogen and oxygen atoms in total. The second kappa shape index (κ2) is 9.03. The van der Waals surface area contributed by atoms with E-state index in [1.54, 1.807) is 6.07 Å². The maximum Gasteiger partial charge on any atom is 0.260 e. The van der Waals surface area contributed by atoms with E-state index in [9.17, 15) is 9.59 Å². The number of aromatic amines is 1. The van der Waals surface area contributed by atoms with Gasteiger partial charge >= 0.3 is 0 Å². The molecule has 24 heavy (non-hydrogen) atoms. The number of pyridine rings is 1. The molecule has 0 radical (unpaired) electrons. The fourth-order valence-electron chi connectivity index (χ4n) is 2.86. The van der Waals surface area contributed by atoms with Crippen LogP contribution in [0.15, 0.2) is 53.5 Å². The van der Waals surface area contributed by atoms with Crippen LogP contribution < -0.4 is 10.9 Å². The lowest BCUT2D eigenvalue weighted by Gasteiger charge is -2.30. The molecule has 2 aromatic rings. The Bertz CT molecular complexity index is 693. The molecule has 0 saturated carbocycles. The lowest BCUT2D eigenvalue weighted by atomic mass is 10.0. The van der Waals surface area contributed by atoms with E-state index >= 15 is 0 Å².